The molecule has 1 N–H and O–H groups in total. The van der Waals surface area contributed by atoms with Crippen LogP contribution in [-0.2, 0) is 6.54 Å². The second-order valence-corrected chi connectivity index (χ2v) is 8.20. The molecule has 1 aliphatic heterocycles. The lowest BCUT2D eigenvalue weighted by Gasteiger charge is -2.36. The number of benzene rings is 3. The Morgan fingerprint density at radius 2 is 1.88 bits per heavy atom. The molecule has 0 bridgehead atoms. The molecule has 0 aliphatic carbocycles. The average molecular weight is 452 g/mol. The maximum Gasteiger partial charge on any atom is 0.324 e. The lowest BCUT2D eigenvalue weighted by Crippen LogP contribution is -2.49. The Bertz CT molecular complexity index is 1170. The van der Waals surface area contributed by atoms with Gasteiger partial charge in [-0.05, 0) is 60.9 Å². The fourth-order valence-corrected chi connectivity index (χ4v) is 4.05. The van der Waals surface area contributed by atoms with Gasteiger partial charge in [0.15, 0.2) is 0 Å². The van der Waals surface area contributed by atoms with Crippen LogP contribution in [0.5, 0.6) is 0 Å². The number of hydrogen-bond acceptors (Lipinski definition) is 2. The Morgan fingerprint density at radius 3 is 2.66 bits per heavy atom. The van der Waals surface area contributed by atoms with Gasteiger partial charge in [0.2, 0.25) is 0 Å². The van der Waals surface area contributed by atoms with E-state index < -0.39 is 0 Å². The highest BCUT2D eigenvalue weighted by molar-refractivity contribution is 6.34. The van der Waals surface area contributed by atoms with Crippen LogP contribution in [-0.4, -0.2) is 29.9 Å². The molecule has 7 heteroatoms. The summed E-state index contributed by atoms with van der Waals surface area (Å²) in [7, 11) is 0. The summed E-state index contributed by atoms with van der Waals surface area (Å²) in [5.41, 5.74) is 3.20. The van der Waals surface area contributed by atoms with Gasteiger partial charge in [0.25, 0.3) is 5.91 Å². The first kappa shape index (κ1) is 21.8. The maximum atomic E-state index is 13.6. The third kappa shape index (κ3) is 4.75. The summed E-state index contributed by atoms with van der Waals surface area (Å²) >= 11 is 6.18. The van der Waals surface area contributed by atoms with Crippen molar-refractivity contribution in [2.45, 2.75) is 19.9 Å². The predicted molar refractivity (Wildman–Crippen MR) is 125 cm³/mol. The zero-order chi connectivity index (χ0) is 22.7. The topological polar surface area (TPSA) is 52.6 Å². The van der Waals surface area contributed by atoms with E-state index in [-0.39, 0.29) is 17.8 Å². The van der Waals surface area contributed by atoms with Gasteiger partial charge in [-0.15, -0.1) is 0 Å². The van der Waals surface area contributed by atoms with Crippen molar-refractivity contribution in [3.63, 3.8) is 0 Å². The zero-order valence-electron chi connectivity index (χ0n) is 17.6. The summed E-state index contributed by atoms with van der Waals surface area (Å²) in [5.74, 6) is -0.671. The summed E-state index contributed by atoms with van der Waals surface area (Å²) in [5, 5.41) is 3.27. The van der Waals surface area contributed by atoms with Gasteiger partial charge in [0.05, 0.1) is 22.0 Å². The highest BCUT2D eigenvalue weighted by Crippen LogP contribution is 2.31. The van der Waals surface area contributed by atoms with Crippen molar-refractivity contribution in [2.75, 3.05) is 23.3 Å². The van der Waals surface area contributed by atoms with Crippen LogP contribution in [0, 0.1) is 12.7 Å². The second kappa shape index (κ2) is 9.40. The standard InChI is InChI=1S/C25H23ClFN3O2/c1-17-10-11-23(22(14-17)28-24(31)20-8-2-3-9-21(20)26)30-13-5-12-29(25(30)32)16-18-6-4-7-19(27)15-18/h2-4,6-11,14-15H,5,12-13,16H2,1H3,(H,28,31). The van der Waals surface area contributed by atoms with Gasteiger partial charge >= 0.3 is 6.03 Å². The Kier molecular flexibility index (Phi) is 6.42. The Labute approximate surface area is 191 Å². The lowest BCUT2D eigenvalue weighted by atomic mass is 10.1. The van der Waals surface area contributed by atoms with E-state index in [9.17, 15) is 14.0 Å². The first-order valence-corrected chi connectivity index (χ1v) is 10.8. The number of nitrogens with one attached hydrogen (secondary N) is 1. The van der Waals surface area contributed by atoms with Crippen LogP contribution in [0.25, 0.3) is 0 Å². The molecular weight excluding hydrogens is 429 g/mol. The summed E-state index contributed by atoms with van der Waals surface area (Å²) in [4.78, 5) is 29.5. The first-order valence-electron chi connectivity index (χ1n) is 10.4. The Morgan fingerprint density at radius 1 is 1.06 bits per heavy atom. The van der Waals surface area contributed by atoms with E-state index >= 15 is 0 Å². The van der Waals surface area contributed by atoms with Crippen LogP contribution in [0.2, 0.25) is 5.02 Å². The van der Waals surface area contributed by atoms with Crippen molar-refractivity contribution in [1.82, 2.24) is 4.90 Å². The van der Waals surface area contributed by atoms with Gasteiger partial charge in [-0.1, -0.05) is 41.9 Å². The van der Waals surface area contributed by atoms with E-state index in [2.05, 4.69) is 5.32 Å². The van der Waals surface area contributed by atoms with Gasteiger partial charge in [0, 0.05) is 19.6 Å². The van der Waals surface area contributed by atoms with Crippen molar-refractivity contribution >= 4 is 34.9 Å². The zero-order valence-corrected chi connectivity index (χ0v) is 18.4. The van der Waals surface area contributed by atoms with E-state index in [1.807, 2.05) is 25.1 Å². The molecule has 3 aromatic rings. The second-order valence-electron chi connectivity index (χ2n) is 7.79. The van der Waals surface area contributed by atoms with E-state index in [0.29, 0.717) is 41.6 Å². The molecule has 1 saturated heterocycles. The number of amides is 3. The van der Waals surface area contributed by atoms with Crippen molar-refractivity contribution < 1.29 is 14.0 Å². The monoisotopic (exact) mass is 451 g/mol. The van der Waals surface area contributed by atoms with Crippen molar-refractivity contribution in [2.24, 2.45) is 0 Å². The minimum Gasteiger partial charge on any atom is -0.320 e. The number of rotatable bonds is 5. The minimum absolute atomic E-state index is 0.183. The quantitative estimate of drug-likeness (QED) is 0.527. The van der Waals surface area contributed by atoms with Gasteiger partial charge in [0.1, 0.15) is 5.82 Å². The van der Waals surface area contributed by atoms with Gasteiger partial charge in [-0.2, -0.15) is 0 Å². The Hall–Kier alpha value is -3.38. The summed E-state index contributed by atoms with van der Waals surface area (Å²) < 4.78 is 13.6. The molecule has 3 amide bonds. The van der Waals surface area contributed by atoms with Gasteiger partial charge in [-0.25, -0.2) is 9.18 Å². The normalized spacial score (nSPS) is 13.9. The third-order valence-corrected chi connectivity index (χ3v) is 5.71. The van der Waals surface area contributed by atoms with Crippen LogP contribution < -0.4 is 10.2 Å². The van der Waals surface area contributed by atoms with Crippen LogP contribution in [0.1, 0.15) is 27.9 Å². The molecule has 0 atom stereocenters. The summed E-state index contributed by atoms with van der Waals surface area (Å²) in [6, 6.07) is 18.5. The van der Waals surface area contributed by atoms with Crippen molar-refractivity contribution in [3.8, 4) is 0 Å². The molecule has 1 aliphatic rings. The van der Waals surface area contributed by atoms with E-state index in [1.165, 1.54) is 12.1 Å². The molecule has 5 nitrogen and oxygen atoms in total. The Balaban J connectivity index is 1.59. The average Bonchev–Trinajstić information content (AvgIpc) is 2.76. The van der Waals surface area contributed by atoms with Gasteiger partial charge < -0.3 is 10.2 Å². The number of halogens is 2. The molecule has 1 fully saturated rings. The maximum absolute atomic E-state index is 13.6. The molecule has 0 spiro atoms. The fourth-order valence-electron chi connectivity index (χ4n) is 3.83. The van der Waals surface area contributed by atoms with Crippen LogP contribution in [0.15, 0.2) is 66.7 Å². The number of nitrogens with zero attached hydrogens (tertiary/aromatic N) is 2. The SMILES string of the molecule is Cc1ccc(N2CCCN(Cc3cccc(F)c3)C2=O)c(NC(=O)c2ccccc2Cl)c1. The molecule has 0 radical (unpaired) electrons. The molecule has 0 unspecified atom stereocenters. The lowest BCUT2D eigenvalue weighted by molar-refractivity contribution is 0.102. The molecule has 0 aromatic heterocycles. The number of aryl methyl sites for hydroxylation is 1. The molecule has 0 saturated carbocycles. The molecule has 3 aromatic carbocycles. The smallest absolute Gasteiger partial charge is 0.320 e. The number of carbonyl (C=O) groups excluding carboxylic acids is 2. The third-order valence-electron chi connectivity index (χ3n) is 5.38. The number of carbonyl (C=O) groups is 2. The highest BCUT2D eigenvalue weighted by atomic mass is 35.5. The summed E-state index contributed by atoms with van der Waals surface area (Å²) in [6.07, 6.45) is 0.757. The molecule has 164 valence electrons. The summed E-state index contributed by atoms with van der Waals surface area (Å²) in [6.45, 7) is 3.35. The fraction of sp³-hybridized carbons (Fsp3) is 0.200. The molecular formula is C25H23ClFN3O2. The van der Waals surface area contributed by atoms with Crippen molar-refractivity contribution in [3.05, 3.63) is 94.3 Å². The largest absolute Gasteiger partial charge is 0.324 e. The molecule has 1 heterocycles. The van der Waals surface area contributed by atoms with E-state index in [0.717, 1.165) is 17.5 Å². The van der Waals surface area contributed by atoms with Gasteiger partial charge in [-0.3, -0.25) is 9.69 Å². The molecule has 32 heavy (non-hydrogen) atoms. The highest BCUT2D eigenvalue weighted by Gasteiger charge is 2.29. The first-order chi connectivity index (χ1) is 15.4. The van der Waals surface area contributed by atoms with Crippen LogP contribution in [0.4, 0.5) is 20.6 Å². The molecule has 4 rings (SSSR count). The number of urea groups is 1. The number of anilines is 2. The minimum atomic E-state index is -0.344. The van der Waals surface area contributed by atoms with Crippen LogP contribution >= 0.6 is 11.6 Å². The van der Waals surface area contributed by atoms with E-state index in [4.69, 9.17) is 11.6 Å². The van der Waals surface area contributed by atoms with E-state index in [1.54, 1.807) is 46.2 Å². The van der Waals surface area contributed by atoms with Crippen LogP contribution in [0.3, 0.4) is 0 Å². The van der Waals surface area contributed by atoms with Crippen molar-refractivity contribution in [1.29, 1.82) is 0 Å². The predicted octanol–water partition coefficient (Wildman–Crippen LogP) is 5.87. The number of hydrogen-bond donors (Lipinski definition) is 1.